The number of aldehydes is 1. The summed E-state index contributed by atoms with van der Waals surface area (Å²) < 4.78 is 5.61. The summed E-state index contributed by atoms with van der Waals surface area (Å²) in [7, 11) is 0. The Hall–Kier alpha value is -2.07. The summed E-state index contributed by atoms with van der Waals surface area (Å²) >= 11 is 4.39. The summed E-state index contributed by atoms with van der Waals surface area (Å²) in [4.78, 5) is 23.6. The molecule has 1 aromatic carbocycles. The molecule has 3 nitrogen and oxygen atoms in total. The fourth-order valence-electron chi connectivity index (χ4n) is 2.08. The fourth-order valence-corrected chi connectivity index (χ4v) is 2.37. The van der Waals surface area contributed by atoms with E-state index in [0.29, 0.717) is 46.6 Å². The third-order valence-corrected chi connectivity index (χ3v) is 3.61. The van der Waals surface area contributed by atoms with Crippen molar-refractivity contribution >= 4 is 30.8 Å². The number of benzene rings is 1. The topological polar surface area (TPSA) is 43.4 Å². The third kappa shape index (κ3) is 3.34. The van der Waals surface area contributed by atoms with Gasteiger partial charge in [-0.2, -0.15) is 0 Å². The minimum absolute atomic E-state index is 0.00760. The molecule has 0 saturated carbocycles. The molecule has 0 unspecified atom stereocenters. The lowest BCUT2D eigenvalue weighted by molar-refractivity contribution is 0.0933. The van der Waals surface area contributed by atoms with Crippen LogP contribution in [0.15, 0.2) is 41.3 Å². The Bertz CT molecular complexity index is 654. The van der Waals surface area contributed by atoms with E-state index in [1.165, 1.54) is 0 Å². The first-order valence-electron chi connectivity index (χ1n) is 6.66. The van der Waals surface area contributed by atoms with Crippen molar-refractivity contribution in [2.75, 3.05) is 6.61 Å². The second-order valence-corrected chi connectivity index (χ2v) is 4.96. The third-order valence-electron chi connectivity index (χ3n) is 3.11. The molecule has 4 heteroatoms. The van der Waals surface area contributed by atoms with Gasteiger partial charge in [0.2, 0.25) is 0 Å². The number of Topliss-reactive ketones (excluding diaryl/α,β-unsaturated/α-hetero) is 1. The standard InChI is InChI=1S/C17H16O3S/c1-2-3-4-5-6-7-13-16-14(15(19)8-9-20-16)10-12(11-18)17(13)21/h2-7,10-11,21H,8-9H2,1H3. The van der Waals surface area contributed by atoms with Crippen molar-refractivity contribution in [1.29, 1.82) is 0 Å². The maximum absolute atomic E-state index is 12.0. The van der Waals surface area contributed by atoms with Gasteiger partial charge in [0.1, 0.15) is 5.75 Å². The van der Waals surface area contributed by atoms with Gasteiger partial charge in [-0.15, -0.1) is 12.6 Å². The van der Waals surface area contributed by atoms with Crippen LogP contribution in [0, 0.1) is 0 Å². The van der Waals surface area contributed by atoms with Gasteiger partial charge in [-0.05, 0) is 13.0 Å². The number of allylic oxidation sites excluding steroid dienone is 5. The van der Waals surface area contributed by atoms with E-state index in [1.54, 1.807) is 12.1 Å². The first-order valence-corrected chi connectivity index (χ1v) is 7.11. The van der Waals surface area contributed by atoms with Crippen LogP contribution in [-0.4, -0.2) is 18.7 Å². The van der Waals surface area contributed by atoms with Crippen LogP contribution in [0.5, 0.6) is 5.75 Å². The molecule has 0 fully saturated rings. The maximum atomic E-state index is 12.0. The van der Waals surface area contributed by atoms with E-state index in [0.717, 1.165) is 0 Å². The van der Waals surface area contributed by atoms with Gasteiger partial charge in [-0.1, -0.05) is 36.5 Å². The molecule has 1 aliphatic heterocycles. The summed E-state index contributed by atoms with van der Waals surface area (Å²) in [5.41, 5.74) is 1.52. The number of carbonyl (C=O) groups is 2. The van der Waals surface area contributed by atoms with E-state index >= 15 is 0 Å². The molecule has 1 aliphatic rings. The van der Waals surface area contributed by atoms with E-state index < -0.39 is 0 Å². The molecule has 2 rings (SSSR count). The van der Waals surface area contributed by atoms with Crippen LogP contribution in [0.4, 0.5) is 0 Å². The molecule has 1 heterocycles. The van der Waals surface area contributed by atoms with Gasteiger partial charge in [0.05, 0.1) is 12.2 Å². The van der Waals surface area contributed by atoms with Crippen molar-refractivity contribution in [3.8, 4) is 5.75 Å². The van der Waals surface area contributed by atoms with Crippen molar-refractivity contribution < 1.29 is 14.3 Å². The molecule has 0 aromatic heterocycles. The number of hydrogen-bond donors (Lipinski definition) is 1. The van der Waals surface area contributed by atoms with E-state index in [2.05, 4.69) is 12.6 Å². The van der Waals surface area contributed by atoms with Crippen molar-refractivity contribution in [2.45, 2.75) is 18.2 Å². The predicted molar refractivity (Wildman–Crippen MR) is 86.5 cm³/mol. The molecule has 1 aromatic rings. The average Bonchev–Trinajstić information content (AvgIpc) is 2.49. The molecule has 0 bridgehead atoms. The molecular formula is C17H16O3S. The Kier molecular flexibility index (Phi) is 5.17. The number of ketones is 1. The Balaban J connectivity index is 2.50. The van der Waals surface area contributed by atoms with Crippen molar-refractivity contribution in [3.63, 3.8) is 0 Å². The summed E-state index contributed by atoms with van der Waals surface area (Å²) in [6.45, 7) is 2.29. The Labute approximate surface area is 129 Å². The van der Waals surface area contributed by atoms with Crippen LogP contribution in [0.1, 0.15) is 39.6 Å². The summed E-state index contributed by atoms with van der Waals surface area (Å²) in [6.07, 6.45) is 12.2. The Morgan fingerprint density at radius 3 is 2.71 bits per heavy atom. The quantitative estimate of drug-likeness (QED) is 0.521. The normalized spacial score (nSPS) is 14.9. The second-order valence-electron chi connectivity index (χ2n) is 4.51. The average molecular weight is 300 g/mol. The Morgan fingerprint density at radius 1 is 1.24 bits per heavy atom. The van der Waals surface area contributed by atoms with E-state index in [9.17, 15) is 9.59 Å². The molecule has 0 atom stereocenters. The van der Waals surface area contributed by atoms with Crippen LogP contribution in [0.3, 0.4) is 0 Å². The van der Waals surface area contributed by atoms with Gasteiger partial charge in [0, 0.05) is 22.4 Å². The number of ether oxygens (including phenoxy) is 1. The highest BCUT2D eigenvalue weighted by Gasteiger charge is 2.24. The minimum atomic E-state index is -0.00760. The van der Waals surface area contributed by atoms with Crippen molar-refractivity contribution in [2.24, 2.45) is 0 Å². The Morgan fingerprint density at radius 2 is 2.00 bits per heavy atom. The maximum Gasteiger partial charge on any atom is 0.170 e. The van der Waals surface area contributed by atoms with E-state index in [1.807, 2.05) is 37.3 Å². The van der Waals surface area contributed by atoms with Crippen LogP contribution < -0.4 is 4.74 Å². The molecule has 0 aliphatic carbocycles. The molecule has 108 valence electrons. The zero-order valence-corrected chi connectivity index (χ0v) is 12.6. The molecular weight excluding hydrogens is 284 g/mol. The summed E-state index contributed by atoms with van der Waals surface area (Å²) in [6, 6.07) is 1.55. The van der Waals surface area contributed by atoms with Gasteiger partial charge in [0.25, 0.3) is 0 Å². The summed E-state index contributed by atoms with van der Waals surface area (Å²) in [5, 5.41) is 0. The van der Waals surface area contributed by atoms with Crippen LogP contribution in [0.25, 0.3) is 6.08 Å². The number of fused-ring (bicyclic) bond motifs is 1. The second kappa shape index (κ2) is 7.09. The molecule has 0 amide bonds. The smallest absolute Gasteiger partial charge is 0.170 e. The molecule has 0 N–H and O–H groups in total. The van der Waals surface area contributed by atoms with E-state index in [4.69, 9.17) is 4.74 Å². The predicted octanol–water partition coefficient (Wildman–Crippen LogP) is 3.90. The summed E-state index contributed by atoms with van der Waals surface area (Å²) in [5.74, 6) is 0.504. The largest absolute Gasteiger partial charge is 0.492 e. The highest BCUT2D eigenvalue weighted by atomic mass is 32.1. The first kappa shape index (κ1) is 15.3. The van der Waals surface area contributed by atoms with Gasteiger partial charge in [-0.25, -0.2) is 0 Å². The molecule has 0 spiro atoms. The van der Waals surface area contributed by atoms with Crippen molar-refractivity contribution in [3.05, 3.63) is 53.1 Å². The SMILES string of the molecule is CC=CC=CC=Cc1c(S)c(C=O)cc2c1OCCC2=O. The zero-order chi connectivity index (χ0) is 15.2. The molecule has 0 saturated heterocycles. The lowest BCUT2D eigenvalue weighted by Crippen LogP contribution is -2.17. The lowest BCUT2D eigenvalue weighted by atomic mass is 9.97. The van der Waals surface area contributed by atoms with Gasteiger partial charge in [-0.3, -0.25) is 9.59 Å². The first-order chi connectivity index (χ1) is 10.2. The number of carbonyl (C=O) groups excluding carboxylic acids is 2. The fraction of sp³-hybridized carbons (Fsp3) is 0.176. The van der Waals surface area contributed by atoms with Crippen molar-refractivity contribution in [1.82, 2.24) is 0 Å². The number of hydrogen-bond acceptors (Lipinski definition) is 4. The van der Waals surface area contributed by atoms with Gasteiger partial charge in [0.15, 0.2) is 12.1 Å². The highest BCUT2D eigenvalue weighted by molar-refractivity contribution is 7.80. The zero-order valence-electron chi connectivity index (χ0n) is 11.7. The number of rotatable bonds is 4. The lowest BCUT2D eigenvalue weighted by Gasteiger charge is -2.20. The number of thiol groups is 1. The van der Waals surface area contributed by atoms with Gasteiger partial charge < -0.3 is 4.74 Å². The van der Waals surface area contributed by atoms with Crippen LogP contribution in [-0.2, 0) is 0 Å². The minimum Gasteiger partial charge on any atom is -0.492 e. The highest BCUT2D eigenvalue weighted by Crippen LogP contribution is 2.36. The monoisotopic (exact) mass is 300 g/mol. The van der Waals surface area contributed by atoms with Crippen LogP contribution in [0.2, 0.25) is 0 Å². The van der Waals surface area contributed by atoms with E-state index in [-0.39, 0.29) is 5.78 Å². The molecule has 21 heavy (non-hydrogen) atoms. The molecule has 0 radical (unpaired) electrons. The van der Waals surface area contributed by atoms with Gasteiger partial charge >= 0.3 is 0 Å². The van der Waals surface area contributed by atoms with Crippen LogP contribution >= 0.6 is 12.6 Å².